The van der Waals surface area contributed by atoms with Crippen LogP contribution in [-0.4, -0.2) is 30.3 Å². The number of carbonyl (C=O) groups excluding carboxylic acids is 1. The van der Waals surface area contributed by atoms with Crippen LogP contribution in [0.25, 0.3) is 17.2 Å². The lowest BCUT2D eigenvalue weighted by atomic mass is 9.98. The number of benzene rings is 3. The van der Waals surface area contributed by atoms with Crippen molar-refractivity contribution in [2.45, 2.75) is 12.8 Å². The summed E-state index contributed by atoms with van der Waals surface area (Å²) in [5.41, 5.74) is 6.40. The summed E-state index contributed by atoms with van der Waals surface area (Å²) in [4.78, 5) is 23.6. The van der Waals surface area contributed by atoms with Gasteiger partial charge in [0.2, 0.25) is 0 Å². The standard InChI is InChI=1S/C26H23NO4/c1-17-12-13-18(23(15-17)25(28)29)7-6-14-27-26(30)31-16-24-21-10-4-2-8-19(21)20-9-3-5-11-22(20)24/h2-13,15,24H,14,16H2,1H3,(H,27,30)(H,28,29). The van der Waals surface area contributed by atoms with E-state index in [2.05, 4.69) is 29.6 Å². The molecule has 1 amide bonds. The number of alkyl carbamates (subject to hydrolysis) is 1. The fourth-order valence-electron chi connectivity index (χ4n) is 3.98. The number of nitrogens with one attached hydrogen (secondary N) is 1. The third-order valence-corrected chi connectivity index (χ3v) is 5.44. The zero-order valence-electron chi connectivity index (χ0n) is 17.2. The lowest BCUT2D eigenvalue weighted by molar-refractivity contribution is 0.0696. The summed E-state index contributed by atoms with van der Waals surface area (Å²) in [6.45, 7) is 2.34. The number of hydrogen-bond donors (Lipinski definition) is 2. The molecule has 4 rings (SSSR count). The third kappa shape index (κ3) is 4.36. The number of hydrogen-bond acceptors (Lipinski definition) is 3. The van der Waals surface area contributed by atoms with Crippen molar-refractivity contribution < 1.29 is 19.4 Å². The summed E-state index contributed by atoms with van der Waals surface area (Å²) in [6.07, 6.45) is 2.89. The van der Waals surface area contributed by atoms with Crippen molar-refractivity contribution in [2.24, 2.45) is 0 Å². The van der Waals surface area contributed by atoms with Crippen LogP contribution in [0.3, 0.4) is 0 Å². The molecule has 3 aromatic carbocycles. The summed E-state index contributed by atoms with van der Waals surface area (Å²) >= 11 is 0. The molecule has 0 spiro atoms. The smallest absolute Gasteiger partial charge is 0.407 e. The molecule has 5 nitrogen and oxygen atoms in total. The Morgan fingerprint density at radius 2 is 1.65 bits per heavy atom. The minimum Gasteiger partial charge on any atom is -0.478 e. The number of carboxylic acid groups (broad SMARTS) is 1. The first-order chi connectivity index (χ1) is 15.0. The fraction of sp³-hybridized carbons (Fsp3) is 0.154. The van der Waals surface area contributed by atoms with Gasteiger partial charge in [0.15, 0.2) is 0 Å². The van der Waals surface area contributed by atoms with Crippen LogP contribution in [0.4, 0.5) is 4.79 Å². The molecule has 3 aromatic rings. The number of carboxylic acids is 1. The van der Waals surface area contributed by atoms with Crippen LogP contribution in [0.15, 0.2) is 72.8 Å². The highest BCUT2D eigenvalue weighted by atomic mass is 16.5. The van der Waals surface area contributed by atoms with Crippen LogP contribution in [0, 0.1) is 6.92 Å². The van der Waals surface area contributed by atoms with Gasteiger partial charge in [0, 0.05) is 12.5 Å². The average molecular weight is 413 g/mol. The second kappa shape index (κ2) is 8.88. The normalized spacial score (nSPS) is 12.4. The zero-order chi connectivity index (χ0) is 21.8. The van der Waals surface area contributed by atoms with Gasteiger partial charge in [0.1, 0.15) is 6.61 Å². The van der Waals surface area contributed by atoms with E-state index in [-0.39, 0.29) is 24.6 Å². The third-order valence-electron chi connectivity index (χ3n) is 5.44. The number of aromatic carboxylic acids is 1. The Labute approximate surface area is 181 Å². The molecule has 0 aliphatic heterocycles. The lowest BCUT2D eigenvalue weighted by Crippen LogP contribution is -2.26. The van der Waals surface area contributed by atoms with Crippen LogP contribution in [0.2, 0.25) is 0 Å². The molecule has 0 heterocycles. The van der Waals surface area contributed by atoms with E-state index in [0.29, 0.717) is 5.56 Å². The SMILES string of the molecule is Cc1ccc(C=CCNC(=O)OCC2c3ccccc3-c3ccccc32)c(C(=O)O)c1. The summed E-state index contributed by atoms with van der Waals surface area (Å²) in [6, 6.07) is 21.6. The van der Waals surface area contributed by atoms with Crippen molar-refractivity contribution >= 4 is 18.1 Å². The molecule has 2 N–H and O–H groups in total. The molecule has 0 aromatic heterocycles. The van der Waals surface area contributed by atoms with Crippen LogP contribution in [0.5, 0.6) is 0 Å². The maximum absolute atomic E-state index is 12.2. The van der Waals surface area contributed by atoms with Crippen LogP contribution < -0.4 is 5.32 Å². The van der Waals surface area contributed by atoms with E-state index in [1.54, 1.807) is 24.3 Å². The highest BCUT2D eigenvalue weighted by molar-refractivity contribution is 5.92. The largest absolute Gasteiger partial charge is 0.478 e. The number of aryl methyl sites for hydroxylation is 1. The number of fused-ring (bicyclic) bond motifs is 3. The molecular formula is C26H23NO4. The van der Waals surface area contributed by atoms with Gasteiger partial charge in [-0.05, 0) is 40.8 Å². The molecule has 1 aliphatic carbocycles. The Morgan fingerprint density at radius 1 is 1.00 bits per heavy atom. The van der Waals surface area contributed by atoms with E-state index in [4.69, 9.17) is 4.74 Å². The second-order valence-corrected chi connectivity index (χ2v) is 7.50. The average Bonchev–Trinajstić information content (AvgIpc) is 3.10. The van der Waals surface area contributed by atoms with Crippen molar-refractivity contribution in [3.63, 3.8) is 0 Å². The minimum absolute atomic E-state index is 0.0133. The van der Waals surface area contributed by atoms with Gasteiger partial charge in [-0.25, -0.2) is 9.59 Å². The topological polar surface area (TPSA) is 75.6 Å². The number of amides is 1. The van der Waals surface area contributed by atoms with Gasteiger partial charge in [-0.15, -0.1) is 0 Å². The Morgan fingerprint density at radius 3 is 2.29 bits per heavy atom. The predicted molar refractivity (Wildman–Crippen MR) is 120 cm³/mol. The fourth-order valence-corrected chi connectivity index (χ4v) is 3.98. The molecule has 5 heteroatoms. The monoisotopic (exact) mass is 413 g/mol. The highest BCUT2D eigenvalue weighted by Gasteiger charge is 2.28. The maximum atomic E-state index is 12.2. The van der Waals surface area contributed by atoms with Gasteiger partial charge < -0.3 is 15.2 Å². The summed E-state index contributed by atoms with van der Waals surface area (Å²) in [7, 11) is 0. The number of carbonyl (C=O) groups is 2. The van der Waals surface area contributed by atoms with E-state index in [9.17, 15) is 14.7 Å². The van der Waals surface area contributed by atoms with Gasteiger partial charge in [-0.3, -0.25) is 0 Å². The molecule has 31 heavy (non-hydrogen) atoms. The molecule has 0 fully saturated rings. The van der Waals surface area contributed by atoms with Gasteiger partial charge in [0.25, 0.3) is 0 Å². The van der Waals surface area contributed by atoms with Crippen molar-refractivity contribution in [1.29, 1.82) is 0 Å². The Balaban J connectivity index is 1.35. The minimum atomic E-state index is -0.979. The van der Waals surface area contributed by atoms with E-state index in [1.165, 1.54) is 11.1 Å². The summed E-state index contributed by atoms with van der Waals surface area (Å²) in [5.74, 6) is -0.966. The van der Waals surface area contributed by atoms with Crippen molar-refractivity contribution in [1.82, 2.24) is 5.32 Å². The highest BCUT2D eigenvalue weighted by Crippen LogP contribution is 2.44. The van der Waals surface area contributed by atoms with Gasteiger partial charge in [-0.2, -0.15) is 0 Å². The first-order valence-corrected chi connectivity index (χ1v) is 10.1. The molecule has 0 bridgehead atoms. The van der Waals surface area contributed by atoms with Crippen molar-refractivity contribution in [3.05, 3.63) is 101 Å². The van der Waals surface area contributed by atoms with Crippen molar-refractivity contribution in [2.75, 3.05) is 13.2 Å². The molecule has 156 valence electrons. The van der Waals surface area contributed by atoms with E-state index < -0.39 is 12.1 Å². The van der Waals surface area contributed by atoms with E-state index >= 15 is 0 Å². The molecule has 0 atom stereocenters. The summed E-state index contributed by atoms with van der Waals surface area (Å²) < 4.78 is 5.49. The Hall–Kier alpha value is -3.86. The lowest BCUT2D eigenvalue weighted by Gasteiger charge is -2.14. The van der Waals surface area contributed by atoms with Crippen LogP contribution >= 0.6 is 0 Å². The number of ether oxygens (including phenoxy) is 1. The maximum Gasteiger partial charge on any atom is 0.407 e. The first-order valence-electron chi connectivity index (χ1n) is 10.1. The van der Waals surface area contributed by atoms with Crippen LogP contribution in [-0.2, 0) is 4.74 Å². The van der Waals surface area contributed by atoms with Gasteiger partial charge in [0.05, 0.1) is 5.56 Å². The molecule has 0 saturated carbocycles. The van der Waals surface area contributed by atoms with E-state index in [0.717, 1.165) is 16.7 Å². The molecule has 0 unspecified atom stereocenters. The van der Waals surface area contributed by atoms with E-state index in [1.807, 2.05) is 37.3 Å². The molecule has 0 radical (unpaired) electrons. The quantitative estimate of drug-likeness (QED) is 0.579. The number of rotatable bonds is 6. The molecule has 1 aliphatic rings. The summed E-state index contributed by atoms with van der Waals surface area (Å²) in [5, 5.41) is 12.0. The predicted octanol–water partition coefficient (Wildman–Crippen LogP) is 5.25. The Bertz CT molecular complexity index is 1120. The molecular weight excluding hydrogens is 390 g/mol. The first kappa shape index (κ1) is 20.4. The second-order valence-electron chi connectivity index (χ2n) is 7.50. The molecule has 0 saturated heterocycles. The zero-order valence-corrected chi connectivity index (χ0v) is 17.2. The van der Waals surface area contributed by atoms with Gasteiger partial charge in [-0.1, -0.05) is 78.4 Å². The Kier molecular flexibility index (Phi) is 5.85. The van der Waals surface area contributed by atoms with Crippen molar-refractivity contribution in [3.8, 4) is 11.1 Å². The van der Waals surface area contributed by atoms with Gasteiger partial charge >= 0.3 is 12.1 Å². The van der Waals surface area contributed by atoms with Crippen LogP contribution in [0.1, 0.15) is 38.5 Å².